The van der Waals surface area contributed by atoms with E-state index in [0.717, 1.165) is 23.8 Å². The molecule has 5 rings (SSSR count). The van der Waals surface area contributed by atoms with Crippen molar-refractivity contribution < 1.29 is 14.2 Å². The molecular weight excluding hydrogens is 266 g/mol. The van der Waals surface area contributed by atoms with Crippen molar-refractivity contribution in [3.8, 4) is 17.2 Å². The highest BCUT2D eigenvalue weighted by Gasteiger charge is 2.47. The SMILES string of the molecule is c1ccc2c(c1)NCC21COc2cc3c(cc21)OCCO3. The van der Waals surface area contributed by atoms with Gasteiger partial charge < -0.3 is 19.5 Å². The Morgan fingerprint density at radius 1 is 0.857 bits per heavy atom. The second-order valence-electron chi connectivity index (χ2n) is 5.76. The molecular formula is C17H15NO3. The molecule has 21 heavy (non-hydrogen) atoms. The summed E-state index contributed by atoms with van der Waals surface area (Å²) in [5.41, 5.74) is 3.59. The molecule has 3 heterocycles. The smallest absolute Gasteiger partial charge is 0.165 e. The molecule has 1 atom stereocenters. The topological polar surface area (TPSA) is 39.7 Å². The molecule has 3 aliphatic heterocycles. The molecule has 1 N–H and O–H groups in total. The minimum atomic E-state index is -0.109. The van der Waals surface area contributed by atoms with Crippen LogP contribution in [0.25, 0.3) is 0 Å². The van der Waals surface area contributed by atoms with Gasteiger partial charge in [0.25, 0.3) is 0 Å². The second-order valence-corrected chi connectivity index (χ2v) is 5.76. The fraction of sp³-hybridized carbons (Fsp3) is 0.294. The molecule has 3 aliphatic rings. The van der Waals surface area contributed by atoms with Gasteiger partial charge >= 0.3 is 0 Å². The number of nitrogens with one attached hydrogen (secondary N) is 1. The number of hydrogen-bond acceptors (Lipinski definition) is 4. The van der Waals surface area contributed by atoms with Crippen LogP contribution in [0.1, 0.15) is 11.1 Å². The molecule has 0 saturated heterocycles. The number of anilines is 1. The van der Waals surface area contributed by atoms with Crippen LogP contribution in [0.3, 0.4) is 0 Å². The van der Waals surface area contributed by atoms with Crippen molar-refractivity contribution in [1.82, 2.24) is 0 Å². The first-order valence-electron chi connectivity index (χ1n) is 7.27. The first-order chi connectivity index (χ1) is 10.4. The van der Waals surface area contributed by atoms with Gasteiger partial charge in [0, 0.05) is 23.9 Å². The lowest BCUT2D eigenvalue weighted by Gasteiger charge is -2.24. The normalized spacial score (nSPS) is 24.2. The fourth-order valence-electron chi connectivity index (χ4n) is 3.61. The molecule has 0 amide bonds. The summed E-state index contributed by atoms with van der Waals surface area (Å²) in [5.74, 6) is 2.53. The third kappa shape index (κ3) is 1.39. The van der Waals surface area contributed by atoms with Gasteiger partial charge in [0.2, 0.25) is 0 Å². The van der Waals surface area contributed by atoms with Gasteiger partial charge in [0.05, 0.1) is 5.41 Å². The van der Waals surface area contributed by atoms with Crippen LogP contribution < -0.4 is 19.5 Å². The standard InChI is InChI=1S/C17H15NO3/c1-2-4-13-11(3-1)17(9-18-13)10-21-14-8-16-15(7-12(14)17)19-5-6-20-16/h1-4,7-8,18H,5-6,9-10H2. The number of para-hydroxylation sites is 1. The number of hydrogen-bond donors (Lipinski definition) is 1. The van der Waals surface area contributed by atoms with Crippen molar-refractivity contribution in [2.24, 2.45) is 0 Å². The Labute approximate surface area is 122 Å². The van der Waals surface area contributed by atoms with Crippen LogP contribution in [0, 0.1) is 0 Å². The Morgan fingerprint density at radius 2 is 1.67 bits per heavy atom. The minimum absolute atomic E-state index is 0.109. The maximum absolute atomic E-state index is 5.98. The van der Waals surface area contributed by atoms with Gasteiger partial charge in [0.1, 0.15) is 25.6 Å². The fourth-order valence-corrected chi connectivity index (χ4v) is 3.61. The van der Waals surface area contributed by atoms with E-state index in [1.165, 1.54) is 16.8 Å². The van der Waals surface area contributed by atoms with Crippen molar-refractivity contribution in [3.63, 3.8) is 0 Å². The van der Waals surface area contributed by atoms with Crippen molar-refractivity contribution >= 4 is 5.69 Å². The molecule has 0 radical (unpaired) electrons. The van der Waals surface area contributed by atoms with Gasteiger partial charge in [-0.1, -0.05) is 18.2 Å². The van der Waals surface area contributed by atoms with Crippen LogP contribution in [-0.4, -0.2) is 26.4 Å². The number of rotatable bonds is 0. The summed E-state index contributed by atoms with van der Waals surface area (Å²) < 4.78 is 17.4. The first-order valence-corrected chi connectivity index (χ1v) is 7.27. The van der Waals surface area contributed by atoms with E-state index in [9.17, 15) is 0 Å². The largest absolute Gasteiger partial charge is 0.492 e. The summed E-state index contributed by atoms with van der Waals surface area (Å²) in [5, 5.41) is 3.50. The predicted octanol–water partition coefficient (Wildman–Crippen LogP) is 2.56. The van der Waals surface area contributed by atoms with Gasteiger partial charge in [-0.15, -0.1) is 0 Å². The van der Waals surface area contributed by atoms with Crippen molar-refractivity contribution in [2.45, 2.75) is 5.41 Å². The van der Waals surface area contributed by atoms with Crippen LogP contribution in [0.5, 0.6) is 17.2 Å². The van der Waals surface area contributed by atoms with E-state index in [1.807, 2.05) is 6.07 Å². The molecule has 1 unspecified atom stereocenters. The van der Waals surface area contributed by atoms with E-state index in [4.69, 9.17) is 14.2 Å². The quantitative estimate of drug-likeness (QED) is 0.805. The van der Waals surface area contributed by atoms with E-state index in [1.54, 1.807) is 0 Å². The lowest BCUT2D eigenvalue weighted by Crippen LogP contribution is -2.31. The maximum Gasteiger partial charge on any atom is 0.165 e. The molecule has 0 aliphatic carbocycles. The zero-order chi connectivity index (χ0) is 13.9. The molecule has 4 nitrogen and oxygen atoms in total. The van der Waals surface area contributed by atoms with Gasteiger partial charge in [-0.3, -0.25) is 0 Å². The Balaban J connectivity index is 1.71. The minimum Gasteiger partial charge on any atom is -0.492 e. The van der Waals surface area contributed by atoms with Crippen molar-refractivity contribution in [3.05, 3.63) is 47.5 Å². The summed E-state index contributed by atoms with van der Waals surface area (Å²) >= 11 is 0. The highest BCUT2D eigenvalue weighted by molar-refractivity contribution is 5.69. The molecule has 2 aromatic rings. The van der Waals surface area contributed by atoms with Crippen LogP contribution in [0.15, 0.2) is 36.4 Å². The van der Waals surface area contributed by atoms with E-state index < -0.39 is 0 Å². The molecule has 106 valence electrons. The molecule has 1 spiro atoms. The third-order valence-corrected chi connectivity index (χ3v) is 4.66. The van der Waals surface area contributed by atoms with Crippen LogP contribution >= 0.6 is 0 Å². The number of benzene rings is 2. The third-order valence-electron chi connectivity index (χ3n) is 4.66. The molecule has 2 aromatic carbocycles. The Bertz CT molecular complexity index is 743. The molecule has 0 saturated carbocycles. The lowest BCUT2D eigenvalue weighted by atomic mass is 9.77. The highest BCUT2D eigenvalue weighted by atomic mass is 16.6. The Morgan fingerprint density at radius 3 is 2.57 bits per heavy atom. The Kier molecular flexibility index (Phi) is 2.07. The maximum atomic E-state index is 5.98. The molecule has 4 heteroatoms. The second kappa shape index (κ2) is 3.85. The van der Waals surface area contributed by atoms with Gasteiger partial charge in [-0.2, -0.15) is 0 Å². The monoisotopic (exact) mass is 281 g/mol. The molecule has 0 fully saturated rings. The van der Waals surface area contributed by atoms with E-state index in [-0.39, 0.29) is 5.41 Å². The van der Waals surface area contributed by atoms with Crippen molar-refractivity contribution in [1.29, 1.82) is 0 Å². The lowest BCUT2D eigenvalue weighted by molar-refractivity contribution is 0.171. The number of ether oxygens (including phenoxy) is 3. The predicted molar refractivity (Wildman–Crippen MR) is 78.6 cm³/mol. The summed E-state index contributed by atoms with van der Waals surface area (Å²) in [6.07, 6.45) is 0. The van der Waals surface area contributed by atoms with E-state index in [2.05, 4.69) is 35.6 Å². The average Bonchev–Trinajstić information content (AvgIpc) is 3.09. The summed E-state index contributed by atoms with van der Waals surface area (Å²) in [6, 6.07) is 12.5. The van der Waals surface area contributed by atoms with E-state index in [0.29, 0.717) is 19.8 Å². The zero-order valence-corrected chi connectivity index (χ0v) is 11.5. The molecule has 0 aromatic heterocycles. The molecule has 0 bridgehead atoms. The summed E-state index contributed by atoms with van der Waals surface area (Å²) in [7, 11) is 0. The zero-order valence-electron chi connectivity index (χ0n) is 11.5. The van der Waals surface area contributed by atoms with Gasteiger partial charge in [-0.25, -0.2) is 0 Å². The highest BCUT2D eigenvalue weighted by Crippen LogP contribution is 2.52. The Hall–Kier alpha value is -2.36. The average molecular weight is 281 g/mol. The van der Waals surface area contributed by atoms with Crippen molar-refractivity contribution in [2.75, 3.05) is 31.7 Å². The number of fused-ring (bicyclic) bond motifs is 5. The first kappa shape index (κ1) is 11.3. The summed E-state index contributed by atoms with van der Waals surface area (Å²) in [4.78, 5) is 0. The van der Waals surface area contributed by atoms with Crippen LogP contribution in [0.4, 0.5) is 5.69 Å². The van der Waals surface area contributed by atoms with Crippen LogP contribution in [-0.2, 0) is 5.41 Å². The van der Waals surface area contributed by atoms with Gasteiger partial charge in [0.15, 0.2) is 11.5 Å². The summed E-state index contributed by atoms with van der Waals surface area (Å²) in [6.45, 7) is 2.73. The van der Waals surface area contributed by atoms with Crippen LogP contribution in [0.2, 0.25) is 0 Å². The van der Waals surface area contributed by atoms with E-state index >= 15 is 0 Å². The van der Waals surface area contributed by atoms with Gasteiger partial charge in [-0.05, 0) is 17.7 Å².